The fourth-order valence-corrected chi connectivity index (χ4v) is 2.23. The maximum Gasteiger partial charge on any atom is 0.313 e. The quantitative estimate of drug-likeness (QED) is 0.816. The van der Waals surface area contributed by atoms with Crippen molar-refractivity contribution in [3.05, 3.63) is 24.3 Å². The molecule has 3 amide bonds. The molecule has 1 aromatic carbocycles. The van der Waals surface area contributed by atoms with Crippen LogP contribution in [0.4, 0.5) is 11.4 Å². The van der Waals surface area contributed by atoms with Crippen molar-refractivity contribution in [2.24, 2.45) is 0 Å². The largest absolute Gasteiger partial charge is 0.343 e. The summed E-state index contributed by atoms with van der Waals surface area (Å²) in [6.07, 6.45) is 1.44. The number of carbonyl (C=O) groups is 3. The fourth-order valence-electron chi connectivity index (χ4n) is 2.23. The molecule has 2 N–H and O–H groups in total. The molecule has 1 heterocycles. The van der Waals surface area contributed by atoms with E-state index in [9.17, 15) is 14.4 Å². The highest BCUT2D eigenvalue weighted by molar-refractivity contribution is 6.39. The molecule has 2 rings (SSSR count). The zero-order valence-corrected chi connectivity index (χ0v) is 13.1. The van der Waals surface area contributed by atoms with Gasteiger partial charge in [0.15, 0.2) is 0 Å². The average molecular weight is 303 g/mol. The lowest BCUT2D eigenvalue weighted by Crippen LogP contribution is -2.46. The van der Waals surface area contributed by atoms with Crippen LogP contribution in [0.3, 0.4) is 0 Å². The van der Waals surface area contributed by atoms with Crippen molar-refractivity contribution < 1.29 is 14.4 Å². The third-order valence-electron chi connectivity index (χ3n) is 3.21. The Bertz CT molecular complexity index is 588. The van der Waals surface area contributed by atoms with Gasteiger partial charge in [0.25, 0.3) is 0 Å². The van der Waals surface area contributed by atoms with Gasteiger partial charge in [0.05, 0.1) is 0 Å². The molecule has 1 aliphatic heterocycles. The van der Waals surface area contributed by atoms with Crippen molar-refractivity contribution in [1.82, 2.24) is 5.32 Å². The van der Waals surface area contributed by atoms with Gasteiger partial charge in [-0.1, -0.05) is 0 Å². The van der Waals surface area contributed by atoms with E-state index in [1.165, 1.54) is 0 Å². The number of benzene rings is 1. The first-order chi connectivity index (χ1) is 10.3. The van der Waals surface area contributed by atoms with Crippen molar-refractivity contribution in [2.75, 3.05) is 16.8 Å². The van der Waals surface area contributed by atoms with E-state index >= 15 is 0 Å². The number of rotatable bonds is 2. The Labute approximate surface area is 129 Å². The van der Waals surface area contributed by atoms with Gasteiger partial charge in [0, 0.05) is 29.9 Å². The van der Waals surface area contributed by atoms with E-state index < -0.39 is 17.4 Å². The van der Waals surface area contributed by atoms with E-state index in [0.717, 1.165) is 18.7 Å². The Morgan fingerprint density at radius 3 is 2.23 bits per heavy atom. The molecule has 0 aliphatic carbocycles. The Kier molecular flexibility index (Phi) is 4.49. The van der Waals surface area contributed by atoms with E-state index in [-0.39, 0.29) is 5.91 Å². The molecule has 0 saturated carbocycles. The number of amides is 3. The first kappa shape index (κ1) is 16.0. The van der Waals surface area contributed by atoms with Gasteiger partial charge < -0.3 is 15.5 Å². The van der Waals surface area contributed by atoms with Crippen LogP contribution in [0.25, 0.3) is 0 Å². The maximum absolute atomic E-state index is 11.8. The van der Waals surface area contributed by atoms with Crippen LogP contribution in [-0.2, 0) is 14.4 Å². The van der Waals surface area contributed by atoms with E-state index in [1.807, 2.05) is 0 Å². The molecule has 0 radical (unpaired) electrons. The molecule has 118 valence electrons. The lowest BCUT2D eigenvalue weighted by molar-refractivity contribution is -0.137. The second-order valence-electron chi connectivity index (χ2n) is 6.35. The van der Waals surface area contributed by atoms with E-state index in [0.29, 0.717) is 12.1 Å². The summed E-state index contributed by atoms with van der Waals surface area (Å²) in [5.41, 5.74) is 0.859. The van der Waals surface area contributed by atoms with Crippen molar-refractivity contribution >= 4 is 29.1 Å². The summed E-state index contributed by atoms with van der Waals surface area (Å²) in [6, 6.07) is 6.90. The third-order valence-corrected chi connectivity index (χ3v) is 3.21. The van der Waals surface area contributed by atoms with Crippen LogP contribution in [0.15, 0.2) is 24.3 Å². The predicted molar refractivity (Wildman–Crippen MR) is 84.6 cm³/mol. The van der Waals surface area contributed by atoms with Crippen molar-refractivity contribution in [2.45, 2.75) is 39.2 Å². The molecule has 0 atom stereocenters. The number of nitrogens with zero attached hydrogens (tertiary/aromatic N) is 1. The second-order valence-corrected chi connectivity index (χ2v) is 6.35. The van der Waals surface area contributed by atoms with Crippen LogP contribution in [0.2, 0.25) is 0 Å². The highest BCUT2D eigenvalue weighted by Crippen LogP contribution is 2.22. The summed E-state index contributed by atoms with van der Waals surface area (Å²) in [5, 5.41) is 5.14. The van der Waals surface area contributed by atoms with Gasteiger partial charge in [-0.3, -0.25) is 14.4 Å². The van der Waals surface area contributed by atoms with Gasteiger partial charge in [-0.25, -0.2) is 0 Å². The summed E-state index contributed by atoms with van der Waals surface area (Å²) in [4.78, 5) is 36.9. The molecule has 1 fully saturated rings. The van der Waals surface area contributed by atoms with Crippen molar-refractivity contribution in [1.29, 1.82) is 0 Å². The minimum Gasteiger partial charge on any atom is -0.343 e. The summed E-state index contributed by atoms with van der Waals surface area (Å²) >= 11 is 0. The number of hydrogen-bond donors (Lipinski definition) is 2. The number of hydrogen-bond acceptors (Lipinski definition) is 3. The minimum atomic E-state index is -0.708. The first-order valence-corrected chi connectivity index (χ1v) is 7.30. The Balaban J connectivity index is 1.98. The van der Waals surface area contributed by atoms with Crippen molar-refractivity contribution in [3.8, 4) is 0 Å². The molecule has 0 aromatic heterocycles. The van der Waals surface area contributed by atoms with E-state index in [2.05, 4.69) is 10.6 Å². The highest BCUT2D eigenvalue weighted by atomic mass is 16.2. The molecule has 1 saturated heterocycles. The predicted octanol–water partition coefficient (Wildman–Crippen LogP) is 1.67. The Hall–Kier alpha value is -2.37. The zero-order chi connectivity index (χ0) is 16.3. The van der Waals surface area contributed by atoms with Gasteiger partial charge in [-0.15, -0.1) is 0 Å². The molecule has 0 bridgehead atoms. The zero-order valence-electron chi connectivity index (χ0n) is 13.1. The van der Waals surface area contributed by atoms with Crippen LogP contribution >= 0.6 is 0 Å². The molecular formula is C16H21N3O3. The maximum atomic E-state index is 11.8. The molecule has 0 spiro atoms. The topological polar surface area (TPSA) is 78.5 Å². The molecule has 1 aromatic rings. The standard InChI is InChI=1S/C16H21N3O3/c1-16(2,3)18-15(22)14(21)17-11-6-8-12(9-7-11)19-10-4-5-13(19)20/h6-9H,4-5,10H2,1-3H3,(H,17,21)(H,18,22). The Morgan fingerprint density at radius 2 is 1.73 bits per heavy atom. The number of carbonyl (C=O) groups excluding carboxylic acids is 3. The lowest BCUT2D eigenvalue weighted by atomic mass is 10.1. The summed E-state index contributed by atoms with van der Waals surface area (Å²) < 4.78 is 0. The monoisotopic (exact) mass is 303 g/mol. The van der Waals surface area contributed by atoms with Crippen LogP contribution < -0.4 is 15.5 Å². The van der Waals surface area contributed by atoms with Gasteiger partial charge in [0.1, 0.15) is 0 Å². The first-order valence-electron chi connectivity index (χ1n) is 7.30. The lowest BCUT2D eigenvalue weighted by Gasteiger charge is -2.20. The smallest absolute Gasteiger partial charge is 0.313 e. The van der Waals surface area contributed by atoms with Gasteiger partial charge >= 0.3 is 11.8 Å². The second kappa shape index (κ2) is 6.17. The Morgan fingerprint density at radius 1 is 1.09 bits per heavy atom. The third kappa shape index (κ3) is 4.07. The number of nitrogens with one attached hydrogen (secondary N) is 2. The SMILES string of the molecule is CC(C)(C)NC(=O)C(=O)Nc1ccc(N2CCCC2=O)cc1. The summed E-state index contributed by atoms with van der Waals surface area (Å²) in [7, 11) is 0. The molecule has 6 heteroatoms. The van der Waals surface area contributed by atoms with Crippen LogP contribution in [0, 0.1) is 0 Å². The summed E-state index contributed by atoms with van der Waals surface area (Å²) in [6.45, 7) is 6.14. The average Bonchev–Trinajstić information content (AvgIpc) is 2.84. The molecular weight excluding hydrogens is 282 g/mol. The molecule has 1 aliphatic rings. The van der Waals surface area contributed by atoms with E-state index in [1.54, 1.807) is 49.9 Å². The van der Waals surface area contributed by atoms with Gasteiger partial charge in [0.2, 0.25) is 5.91 Å². The summed E-state index contributed by atoms with van der Waals surface area (Å²) in [5.74, 6) is -1.27. The van der Waals surface area contributed by atoms with Crippen LogP contribution in [0.1, 0.15) is 33.6 Å². The molecule has 0 unspecified atom stereocenters. The van der Waals surface area contributed by atoms with Crippen molar-refractivity contribution in [3.63, 3.8) is 0 Å². The normalized spacial score (nSPS) is 14.9. The minimum absolute atomic E-state index is 0.112. The number of anilines is 2. The molecule has 22 heavy (non-hydrogen) atoms. The highest BCUT2D eigenvalue weighted by Gasteiger charge is 2.22. The van der Waals surface area contributed by atoms with E-state index in [4.69, 9.17) is 0 Å². The van der Waals surface area contributed by atoms with Crippen LogP contribution in [0.5, 0.6) is 0 Å². The molecule has 6 nitrogen and oxygen atoms in total. The van der Waals surface area contributed by atoms with Gasteiger partial charge in [-0.2, -0.15) is 0 Å². The fraction of sp³-hybridized carbons (Fsp3) is 0.438. The van der Waals surface area contributed by atoms with Gasteiger partial charge in [-0.05, 0) is 51.5 Å². The van der Waals surface area contributed by atoms with Crippen LogP contribution in [-0.4, -0.2) is 29.8 Å².